The van der Waals surface area contributed by atoms with E-state index in [2.05, 4.69) is 4.99 Å². The minimum atomic E-state index is -1.16. The maximum Gasteiger partial charge on any atom is 0.303 e. The van der Waals surface area contributed by atoms with Gasteiger partial charge in [0.15, 0.2) is 11.6 Å². The average Bonchev–Trinajstić information content (AvgIpc) is 3.21. The van der Waals surface area contributed by atoms with E-state index in [1.54, 1.807) is 12.9 Å². The van der Waals surface area contributed by atoms with Crippen LogP contribution in [0.2, 0.25) is 0 Å². The van der Waals surface area contributed by atoms with Gasteiger partial charge in [-0.15, -0.1) is 0 Å². The number of aryl methyl sites for hydroxylation is 1. The van der Waals surface area contributed by atoms with Crippen LogP contribution in [0.25, 0.3) is 0 Å². The standard InChI is InChI=1S/C18H19NO6/c1-11-12(6-7-16(21)22)4-3-5-14(11)15-10-24-18(2,25-15)17-19-13(8-20)9-23-17/h3-5,15H,6-7,9-10H2,1-2H3,(H,21,22). The maximum absolute atomic E-state index is 10.8. The van der Waals surface area contributed by atoms with Gasteiger partial charge in [0.2, 0.25) is 5.79 Å². The zero-order valence-corrected chi connectivity index (χ0v) is 14.1. The van der Waals surface area contributed by atoms with E-state index >= 15 is 0 Å². The van der Waals surface area contributed by atoms with Crippen molar-refractivity contribution in [3.05, 3.63) is 40.6 Å². The fourth-order valence-electron chi connectivity index (χ4n) is 3.01. The first-order chi connectivity index (χ1) is 11.9. The number of ether oxygens (including phenoxy) is 3. The van der Waals surface area contributed by atoms with E-state index in [-0.39, 0.29) is 30.7 Å². The number of carboxylic acid groups (broad SMARTS) is 1. The van der Waals surface area contributed by atoms with Gasteiger partial charge < -0.3 is 19.3 Å². The second-order valence-electron chi connectivity index (χ2n) is 6.14. The Kier molecular flexibility index (Phi) is 4.72. The fourth-order valence-corrected chi connectivity index (χ4v) is 3.01. The van der Waals surface area contributed by atoms with E-state index in [9.17, 15) is 9.59 Å². The van der Waals surface area contributed by atoms with Crippen LogP contribution < -0.4 is 0 Å². The molecule has 0 aromatic heterocycles. The third-order valence-electron chi connectivity index (χ3n) is 4.41. The molecule has 2 aliphatic heterocycles. The SMILES string of the molecule is Cc1c(CCC(=O)O)cccc1C1COC(C)(C2=NC(=C=O)CO2)O1. The van der Waals surface area contributed by atoms with Gasteiger partial charge in [-0.3, -0.25) is 4.79 Å². The molecular formula is C18H19NO6. The molecule has 0 aliphatic carbocycles. The molecule has 2 aliphatic rings. The topological polar surface area (TPSA) is 94.4 Å². The van der Waals surface area contributed by atoms with Crippen LogP contribution in [0.15, 0.2) is 28.9 Å². The Morgan fingerprint density at radius 2 is 2.28 bits per heavy atom. The number of hydrogen-bond donors (Lipinski definition) is 1. The van der Waals surface area contributed by atoms with Gasteiger partial charge in [0.05, 0.1) is 6.61 Å². The Morgan fingerprint density at radius 3 is 2.96 bits per heavy atom. The molecule has 7 nitrogen and oxygen atoms in total. The van der Waals surface area contributed by atoms with Crippen LogP contribution in [0.5, 0.6) is 0 Å². The van der Waals surface area contributed by atoms with Gasteiger partial charge in [-0.05, 0) is 37.0 Å². The van der Waals surface area contributed by atoms with Crippen LogP contribution in [-0.4, -0.2) is 41.9 Å². The number of aliphatic imine (C=N–C) groups is 1. The molecule has 0 bridgehead atoms. The summed E-state index contributed by atoms with van der Waals surface area (Å²) >= 11 is 0. The lowest BCUT2D eigenvalue weighted by Gasteiger charge is -2.22. The molecule has 3 rings (SSSR count). The molecule has 0 spiro atoms. The summed E-state index contributed by atoms with van der Waals surface area (Å²) in [6, 6.07) is 5.74. The van der Waals surface area contributed by atoms with Gasteiger partial charge in [0.25, 0.3) is 5.90 Å². The lowest BCUT2D eigenvalue weighted by molar-refractivity contribution is -0.136. The molecule has 0 radical (unpaired) electrons. The highest BCUT2D eigenvalue weighted by Crippen LogP contribution is 2.37. The molecular weight excluding hydrogens is 326 g/mol. The third kappa shape index (κ3) is 3.49. The van der Waals surface area contributed by atoms with E-state index in [1.165, 1.54) is 0 Å². The molecule has 2 atom stereocenters. The minimum absolute atomic E-state index is 0.0650. The molecule has 25 heavy (non-hydrogen) atoms. The Bertz CT molecular complexity index is 780. The number of aliphatic carboxylic acids is 1. The summed E-state index contributed by atoms with van der Waals surface area (Å²) < 4.78 is 17.2. The molecule has 132 valence electrons. The lowest BCUT2D eigenvalue weighted by atomic mass is 9.96. The first kappa shape index (κ1) is 17.4. The monoisotopic (exact) mass is 345 g/mol. The van der Waals surface area contributed by atoms with E-state index < -0.39 is 11.8 Å². The summed E-state index contributed by atoms with van der Waals surface area (Å²) in [4.78, 5) is 25.5. The Hall–Kier alpha value is -2.47. The van der Waals surface area contributed by atoms with E-state index in [0.717, 1.165) is 16.7 Å². The summed E-state index contributed by atoms with van der Waals surface area (Å²) in [5.41, 5.74) is 3.08. The van der Waals surface area contributed by atoms with Crippen LogP contribution >= 0.6 is 0 Å². The molecule has 1 aromatic rings. The highest BCUT2D eigenvalue weighted by atomic mass is 16.8. The van der Waals surface area contributed by atoms with Crippen molar-refractivity contribution >= 4 is 17.8 Å². The maximum atomic E-state index is 10.8. The van der Waals surface area contributed by atoms with Crippen LogP contribution in [-0.2, 0) is 30.2 Å². The second kappa shape index (κ2) is 6.80. The van der Waals surface area contributed by atoms with Gasteiger partial charge in [0, 0.05) is 6.42 Å². The van der Waals surface area contributed by atoms with E-state index in [1.807, 2.05) is 25.1 Å². The first-order valence-electron chi connectivity index (χ1n) is 8.01. The largest absolute Gasteiger partial charge is 0.481 e. The Morgan fingerprint density at radius 1 is 1.48 bits per heavy atom. The Balaban J connectivity index is 1.79. The van der Waals surface area contributed by atoms with E-state index in [4.69, 9.17) is 19.3 Å². The molecule has 1 aromatic carbocycles. The molecule has 7 heteroatoms. The number of carboxylic acids is 1. The number of rotatable bonds is 5. The quantitative estimate of drug-likeness (QED) is 0.820. The van der Waals surface area contributed by atoms with Gasteiger partial charge >= 0.3 is 5.97 Å². The van der Waals surface area contributed by atoms with Crippen LogP contribution in [0.4, 0.5) is 0 Å². The van der Waals surface area contributed by atoms with Crippen molar-refractivity contribution in [2.75, 3.05) is 13.2 Å². The Labute approximate surface area is 144 Å². The molecule has 1 saturated heterocycles. The highest BCUT2D eigenvalue weighted by molar-refractivity contribution is 5.87. The molecule has 2 heterocycles. The molecule has 0 saturated carbocycles. The second-order valence-corrected chi connectivity index (χ2v) is 6.14. The fraction of sp³-hybridized carbons (Fsp3) is 0.444. The smallest absolute Gasteiger partial charge is 0.303 e. The average molecular weight is 345 g/mol. The summed E-state index contributed by atoms with van der Waals surface area (Å²) in [5.74, 6) is -0.0576. The lowest BCUT2D eigenvalue weighted by Crippen LogP contribution is -2.36. The predicted molar refractivity (Wildman–Crippen MR) is 87.9 cm³/mol. The van der Waals surface area contributed by atoms with Gasteiger partial charge in [0.1, 0.15) is 12.7 Å². The van der Waals surface area contributed by atoms with Crippen molar-refractivity contribution in [3.63, 3.8) is 0 Å². The van der Waals surface area contributed by atoms with Gasteiger partial charge in [-0.2, -0.15) is 0 Å². The van der Waals surface area contributed by atoms with Gasteiger partial charge in [-0.1, -0.05) is 18.2 Å². The van der Waals surface area contributed by atoms with Crippen LogP contribution in [0, 0.1) is 6.92 Å². The van der Waals surface area contributed by atoms with Crippen molar-refractivity contribution in [3.8, 4) is 0 Å². The molecule has 0 amide bonds. The summed E-state index contributed by atoms with van der Waals surface area (Å²) in [6.07, 6.45) is 0.212. The summed E-state index contributed by atoms with van der Waals surface area (Å²) in [7, 11) is 0. The third-order valence-corrected chi connectivity index (χ3v) is 4.41. The van der Waals surface area contributed by atoms with Crippen molar-refractivity contribution < 1.29 is 28.9 Å². The minimum Gasteiger partial charge on any atom is -0.481 e. The zero-order valence-electron chi connectivity index (χ0n) is 14.1. The predicted octanol–water partition coefficient (Wildman–Crippen LogP) is 1.96. The number of hydrogen-bond acceptors (Lipinski definition) is 6. The number of carbonyl (C=O) groups is 1. The number of nitrogens with zero attached hydrogens (tertiary/aromatic N) is 1. The van der Waals surface area contributed by atoms with Gasteiger partial charge in [-0.25, -0.2) is 9.79 Å². The normalized spacial score (nSPS) is 25.4. The van der Waals surface area contributed by atoms with Crippen LogP contribution in [0.1, 0.15) is 36.1 Å². The van der Waals surface area contributed by atoms with Crippen molar-refractivity contribution in [1.29, 1.82) is 0 Å². The highest BCUT2D eigenvalue weighted by Gasteiger charge is 2.46. The van der Waals surface area contributed by atoms with Crippen LogP contribution in [0.3, 0.4) is 0 Å². The first-order valence-corrected chi connectivity index (χ1v) is 8.01. The van der Waals surface area contributed by atoms with E-state index in [0.29, 0.717) is 13.0 Å². The summed E-state index contributed by atoms with van der Waals surface area (Å²) in [6.45, 7) is 4.02. The molecule has 2 unspecified atom stereocenters. The summed E-state index contributed by atoms with van der Waals surface area (Å²) in [5, 5.41) is 8.88. The number of benzene rings is 1. The zero-order chi connectivity index (χ0) is 18.0. The van der Waals surface area contributed by atoms with Crippen molar-refractivity contribution in [1.82, 2.24) is 0 Å². The number of carbonyl (C=O) groups excluding carboxylic acids is 1. The molecule has 1 fully saturated rings. The molecule has 1 N–H and O–H groups in total. The van der Waals surface area contributed by atoms with Crippen molar-refractivity contribution in [2.45, 2.75) is 38.6 Å². The van der Waals surface area contributed by atoms with Crippen molar-refractivity contribution in [2.24, 2.45) is 4.99 Å².